The van der Waals surface area contributed by atoms with Crippen LogP contribution in [0.5, 0.6) is 0 Å². The Bertz CT molecular complexity index is 394. The van der Waals surface area contributed by atoms with E-state index in [1.54, 1.807) is 12.4 Å². The molecule has 0 aromatic carbocycles. The number of aromatic nitrogens is 3. The molecule has 2 rings (SSSR count). The van der Waals surface area contributed by atoms with Crippen molar-refractivity contribution in [1.29, 1.82) is 0 Å². The van der Waals surface area contributed by atoms with Crippen LogP contribution >= 0.6 is 0 Å². The van der Waals surface area contributed by atoms with E-state index in [2.05, 4.69) is 15.0 Å². The van der Waals surface area contributed by atoms with Crippen molar-refractivity contribution in [2.45, 2.75) is 6.54 Å². The number of nitrogens with zero attached hydrogens (tertiary/aromatic N) is 3. The van der Waals surface area contributed by atoms with Gasteiger partial charge in [-0.25, -0.2) is 9.97 Å². The summed E-state index contributed by atoms with van der Waals surface area (Å²) in [6.45, 7) is 0.434. The molecule has 0 unspecified atom stereocenters. The quantitative estimate of drug-likeness (QED) is 0.659. The number of pyridine rings is 1. The molecule has 2 N–H and O–H groups in total. The highest BCUT2D eigenvalue weighted by atomic mass is 14.9. The number of nitrogens with two attached hydrogens (primary N) is 1. The van der Waals surface area contributed by atoms with E-state index in [4.69, 9.17) is 5.73 Å². The van der Waals surface area contributed by atoms with Crippen LogP contribution in [0.15, 0.2) is 24.8 Å². The summed E-state index contributed by atoms with van der Waals surface area (Å²) in [6.07, 6.45) is 4.92. The molecule has 0 radical (unpaired) electrons. The largest absolute Gasteiger partial charge is 0.325 e. The van der Waals surface area contributed by atoms with Crippen LogP contribution in [-0.2, 0) is 6.54 Å². The number of rotatable bonds is 1. The third kappa shape index (κ3) is 1.02. The fraction of sp³-hybridized carbons (Fsp3) is 0.125. The lowest BCUT2D eigenvalue weighted by atomic mass is 10.2. The average Bonchev–Trinajstić information content (AvgIpc) is 2.17. The summed E-state index contributed by atoms with van der Waals surface area (Å²) in [7, 11) is 0. The molecule has 0 bridgehead atoms. The maximum Gasteiger partial charge on any atom is 0.116 e. The second-order valence-electron chi connectivity index (χ2n) is 2.42. The summed E-state index contributed by atoms with van der Waals surface area (Å²) in [5, 5.41) is 0.981. The van der Waals surface area contributed by atoms with E-state index in [-0.39, 0.29) is 0 Å². The van der Waals surface area contributed by atoms with E-state index in [9.17, 15) is 0 Å². The van der Waals surface area contributed by atoms with Crippen LogP contribution in [-0.4, -0.2) is 15.0 Å². The zero-order valence-electron chi connectivity index (χ0n) is 6.44. The smallest absolute Gasteiger partial charge is 0.116 e. The van der Waals surface area contributed by atoms with Gasteiger partial charge in [0, 0.05) is 18.1 Å². The van der Waals surface area contributed by atoms with Crippen molar-refractivity contribution < 1.29 is 0 Å². The molecule has 0 atom stereocenters. The Balaban J connectivity index is 2.79. The van der Waals surface area contributed by atoms with Crippen LogP contribution in [0.1, 0.15) is 5.69 Å². The number of hydrogen-bond acceptors (Lipinski definition) is 4. The Morgan fingerprint density at radius 1 is 1.33 bits per heavy atom. The van der Waals surface area contributed by atoms with Crippen molar-refractivity contribution >= 4 is 10.9 Å². The maximum atomic E-state index is 5.51. The van der Waals surface area contributed by atoms with Gasteiger partial charge in [0.1, 0.15) is 6.33 Å². The lowest BCUT2D eigenvalue weighted by Crippen LogP contribution is -2.01. The Hall–Kier alpha value is -1.55. The van der Waals surface area contributed by atoms with Gasteiger partial charge in [-0.15, -0.1) is 0 Å². The van der Waals surface area contributed by atoms with E-state index in [0.29, 0.717) is 6.54 Å². The van der Waals surface area contributed by atoms with Crippen LogP contribution in [0.2, 0.25) is 0 Å². The van der Waals surface area contributed by atoms with Gasteiger partial charge >= 0.3 is 0 Å². The molecule has 4 heteroatoms. The molecule has 12 heavy (non-hydrogen) atoms. The molecule has 0 aliphatic heterocycles. The van der Waals surface area contributed by atoms with Crippen molar-refractivity contribution in [3.8, 4) is 0 Å². The minimum Gasteiger partial charge on any atom is -0.325 e. The summed E-state index contributed by atoms with van der Waals surface area (Å²) >= 11 is 0. The molecule has 0 saturated heterocycles. The van der Waals surface area contributed by atoms with Crippen LogP contribution in [0, 0.1) is 0 Å². The monoisotopic (exact) mass is 160 g/mol. The minimum atomic E-state index is 0.434. The van der Waals surface area contributed by atoms with Crippen molar-refractivity contribution in [3.63, 3.8) is 0 Å². The highest BCUT2D eigenvalue weighted by molar-refractivity contribution is 5.79. The fourth-order valence-corrected chi connectivity index (χ4v) is 1.13. The number of hydrogen-bond donors (Lipinski definition) is 1. The molecule has 4 nitrogen and oxygen atoms in total. The van der Waals surface area contributed by atoms with Crippen LogP contribution in [0.3, 0.4) is 0 Å². The zero-order valence-corrected chi connectivity index (χ0v) is 6.44. The first-order valence-corrected chi connectivity index (χ1v) is 3.65. The first-order chi connectivity index (χ1) is 5.92. The second kappa shape index (κ2) is 2.83. The van der Waals surface area contributed by atoms with Gasteiger partial charge in [0.05, 0.1) is 17.4 Å². The summed E-state index contributed by atoms with van der Waals surface area (Å²) in [4.78, 5) is 12.1. The average molecular weight is 160 g/mol. The minimum absolute atomic E-state index is 0.434. The standard InChI is InChI=1S/C8H8N4/c9-3-7-6-1-2-10-4-8(6)12-5-11-7/h1-2,4-5H,3,9H2. The first-order valence-electron chi connectivity index (χ1n) is 3.65. The lowest BCUT2D eigenvalue weighted by Gasteiger charge is -1.99. The summed E-state index contributed by atoms with van der Waals surface area (Å²) in [5.41, 5.74) is 7.21. The number of fused-ring (bicyclic) bond motifs is 1. The molecule has 0 saturated carbocycles. The van der Waals surface area contributed by atoms with Gasteiger partial charge < -0.3 is 5.73 Å². The fourth-order valence-electron chi connectivity index (χ4n) is 1.13. The molecule has 0 amide bonds. The zero-order chi connectivity index (χ0) is 8.39. The van der Waals surface area contributed by atoms with E-state index in [1.807, 2.05) is 6.07 Å². The summed E-state index contributed by atoms with van der Waals surface area (Å²) < 4.78 is 0. The predicted octanol–water partition coefficient (Wildman–Crippen LogP) is 0.483. The van der Waals surface area contributed by atoms with Crippen LogP contribution < -0.4 is 5.73 Å². The predicted molar refractivity (Wildman–Crippen MR) is 45.2 cm³/mol. The van der Waals surface area contributed by atoms with Gasteiger partial charge in [0.2, 0.25) is 0 Å². The van der Waals surface area contributed by atoms with Gasteiger partial charge in [0.15, 0.2) is 0 Å². The molecule has 2 aromatic heterocycles. The van der Waals surface area contributed by atoms with Gasteiger partial charge in [-0.05, 0) is 6.07 Å². The second-order valence-corrected chi connectivity index (χ2v) is 2.42. The van der Waals surface area contributed by atoms with Crippen molar-refractivity contribution in [2.75, 3.05) is 0 Å². The molecule has 0 aliphatic rings. The Kier molecular flexibility index (Phi) is 1.68. The van der Waals surface area contributed by atoms with E-state index < -0.39 is 0 Å². The molecule has 60 valence electrons. The first kappa shape index (κ1) is 7.12. The van der Waals surface area contributed by atoms with Crippen LogP contribution in [0.4, 0.5) is 0 Å². The highest BCUT2D eigenvalue weighted by Gasteiger charge is 1.99. The Labute approximate surface area is 69.5 Å². The Morgan fingerprint density at radius 3 is 3.08 bits per heavy atom. The molecule has 0 spiro atoms. The topological polar surface area (TPSA) is 64.7 Å². The van der Waals surface area contributed by atoms with Crippen molar-refractivity contribution in [1.82, 2.24) is 15.0 Å². The summed E-state index contributed by atoms with van der Waals surface area (Å²) in [6, 6.07) is 1.87. The third-order valence-corrected chi connectivity index (χ3v) is 1.71. The van der Waals surface area contributed by atoms with Crippen LogP contribution in [0.25, 0.3) is 10.9 Å². The van der Waals surface area contributed by atoms with E-state index >= 15 is 0 Å². The molecule has 0 aliphatic carbocycles. The van der Waals surface area contributed by atoms with Gasteiger partial charge in [0.25, 0.3) is 0 Å². The SMILES string of the molecule is NCc1ncnc2cnccc12. The van der Waals surface area contributed by atoms with E-state index in [1.165, 1.54) is 6.33 Å². The maximum absolute atomic E-state index is 5.51. The molecule has 0 fully saturated rings. The lowest BCUT2D eigenvalue weighted by molar-refractivity contribution is 0.988. The molecule has 2 aromatic rings. The van der Waals surface area contributed by atoms with Gasteiger partial charge in [-0.3, -0.25) is 4.98 Å². The summed E-state index contributed by atoms with van der Waals surface area (Å²) in [5.74, 6) is 0. The third-order valence-electron chi connectivity index (χ3n) is 1.71. The van der Waals surface area contributed by atoms with Crippen molar-refractivity contribution in [2.24, 2.45) is 5.73 Å². The normalized spacial score (nSPS) is 10.4. The molecular formula is C8H8N4. The van der Waals surface area contributed by atoms with Gasteiger partial charge in [-0.1, -0.05) is 0 Å². The van der Waals surface area contributed by atoms with E-state index in [0.717, 1.165) is 16.6 Å². The van der Waals surface area contributed by atoms with Crippen molar-refractivity contribution in [3.05, 3.63) is 30.5 Å². The van der Waals surface area contributed by atoms with Gasteiger partial charge in [-0.2, -0.15) is 0 Å². The molecule has 2 heterocycles. The highest BCUT2D eigenvalue weighted by Crippen LogP contribution is 2.11. The molecular weight excluding hydrogens is 152 g/mol. The Morgan fingerprint density at radius 2 is 2.25 bits per heavy atom.